The van der Waals surface area contributed by atoms with Gasteiger partial charge in [0.15, 0.2) is 0 Å². The SMILES string of the molecule is C.C.O=C(CN1CCN(CC2CCCO2)CC1)Nc1ccc2[nH]c(=O)c3cccc4c3c2c1C4.O=C(CN1CCN(Cc2ccccc2)CC1)Nc1ccc2[nH]c(=O)c3cccc4c3c2c1C4.O=C(CN1CCOCC1)Nc1ccc2[nH]c(=O)c3cccc4c3c2c1C4.O=C(CNCCCc1ccccc1)Nc1ccc2[nH]c(=O)c3cccc4c3c2c1C4. The number of nitrogens with one attached hydrogen (secondary N) is 9. The number of pyridine rings is 4. The minimum atomic E-state index is -0.0660. The minimum Gasteiger partial charge on any atom is -0.379 e. The predicted molar refractivity (Wildman–Crippen MR) is 492 cm³/mol. The van der Waals surface area contributed by atoms with Crippen molar-refractivity contribution in [2.24, 2.45) is 0 Å². The molecule has 0 spiro atoms. The number of aromatic amines is 4. The lowest BCUT2D eigenvalue weighted by molar-refractivity contribution is -0.119. The Kier molecular flexibility index (Phi) is 24.5. The molecule has 4 aliphatic heterocycles. The molecule has 1 atom stereocenters. The Balaban J connectivity index is 0.000000116. The summed E-state index contributed by atoms with van der Waals surface area (Å²) in [6.45, 7) is 15.5. The van der Waals surface area contributed by atoms with E-state index >= 15 is 0 Å². The first-order valence-corrected chi connectivity index (χ1v) is 42.4. The molecule has 14 aromatic rings. The lowest BCUT2D eigenvalue weighted by atomic mass is 10.1. The number of aromatic nitrogens is 4. The number of carbonyl (C=O) groups is 4. The van der Waals surface area contributed by atoms with E-state index in [-0.39, 0.29) is 67.3 Å². The Bertz CT molecular complexity index is 6680. The van der Waals surface area contributed by atoms with Gasteiger partial charge in [-0.15, -0.1) is 0 Å². The molecule has 630 valence electrons. The molecule has 8 heterocycles. The molecule has 22 rings (SSSR count). The molecule has 9 N–H and O–H groups in total. The van der Waals surface area contributed by atoms with Crippen LogP contribution in [-0.4, -0.2) is 199 Å². The summed E-state index contributed by atoms with van der Waals surface area (Å²) in [6.07, 6.45) is 7.63. The fourth-order valence-corrected chi connectivity index (χ4v) is 19.4. The van der Waals surface area contributed by atoms with E-state index in [2.05, 4.69) is 132 Å². The summed E-state index contributed by atoms with van der Waals surface area (Å²) < 4.78 is 11.1. The molecule has 4 aliphatic carbocycles. The van der Waals surface area contributed by atoms with Crippen LogP contribution in [0.5, 0.6) is 0 Å². The first-order chi connectivity index (χ1) is 59.2. The maximum Gasteiger partial charge on any atom is 0.256 e. The van der Waals surface area contributed by atoms with E-state index in [1.54, 1.807) is 0 Å². The zero-order valence-electron chi connectivity index (χ0n) is 67.5. The summed E-state index contributed by atoms with van der Waals surface area (Å²) in [5, 5.41) is 26.8. The van der Waals surface area contributed by atoms with E-state index < -0.39 is 0 Å². The molecule has 4 aromatic heterocycles. The summed E-state index contributed by atoms with van der Waals surface area (Å²) >= 11 is 0. The standard InChI is InChI=1S/C27H26N4O2.C25H28N4O3.C25H23N3O2.C20H19N3O3.2CH4/c32-24(17-31-13-11-30(12-14-31)16-18-5-2-1-3-6-18)28-22-9-10-23-26-21(22)15-19-7-4-8-20(25(19)26)27(33)29-23;30-22(15-29-10-8-28(9-11-29)14-17-4-2-12-32-17)26-20-6-7-21-24-19(20)13-16-3-1-5-18(23(16)24)25(31)27-21;29-22(15-26-13-5-8-16-6-2-1-3-7-16)27-20-11-12-21-24-19(20)14-17-9-4-10-18(23(17)24)25(30)28-21;24-17(11-23-6-8-26-9-7-23)21-15-4-5-16-19-14(15)10-12-2-1-3-13(18(12)19)20(25)22-16;;/h1-10H,11-17H2,(H,28,32)(H,29,33);1,3,5-7,17H,2,4,8-15H2,(H,26,30)(H,27,31);1-4,6-7,9-12,26H,5,8,13-15H2,(H,27,29)(H,28,30);1-5H,6-11H2,(H,21,24)(H,22,25);2*1H4. The zero-order valence-corrected chi connectivity index (χ0v) is 67.5. The molecule has 24 heteroatoms. The smallest absolute Gasteiger partial charge is 0.256 e. The normalized spacial score (nSPS) is 16.3. The monoisotopic (exact) mass is 1650 g/mol. The van der Waals surface area contributed by atoms with Gasteiger partial charge in [0.05, 0.1) is 45.5 Å². The molecule has 1 unspecified atom stereocenters. The lowest BCUT2D eigenvalue weighted by Crippen LogP contribution is -2.50. The topological polar surface area (TPSA) is 295 Å². The Morgan fingerprint density at radius 2 is 0.707 bits per heavy atom. The number of benzene rings is 10. The van der Waals surface area contributed by atoms with Crippen molar-refractivity contribution in [3.8, 4) is 0 Å². The molecule has 123 heavy (non-hydrogen) atoms. The van der Waals surface area contributed by atoms with E-state index in [9.17, 15) is 38.4 Å². The van der Waals surface area contributed by atoms with Gasteiger partial charge in [0, 0.05) is 220 Å². The van der Waals surface area contributed by atoms with Gasteiger partial charge < -0.3 is 56.0 Å². The number of hydrogen-bond acceptors (Lipinski definition) is 16. The molecule has 4 fully saturated rings. The van der Waals surface area contributed by atoms with Gasteiger partial charge in [0.25, 0.3) is 22.2 Å². The van der Waals surface area contributed by atoms with E-state index in [0.29, 0.717) is 49.7 Å². The van der Waals surface area contributed by atoms with E-state index in [0.717, 1.165) is 273 Å². The number of morpholine rings is 1. The minimum absolute atomic E-state index is 0. The van der Waals surface area contributed by atoms with Crippen molar-refractivity contribution < 1.29 is 28.7 Å². The summed E-state index contributed by atoms with van der Waals surface area (Å²) in [7, 11) is 0. The summed E-state index contributed by atoms with van der Waals surface area (Å²) in [4.78, 5) is 124. The van der Waals surface area contributed by atoms with Crippen molar-refractivity contribution in [1.82, 2.24) is 49.8 Å². The quantitative estimate of drug-likeness (QED) is 0.0253. The van der Waals surface area contributed by atoms with Gasteiger partial charge in [-0.1, -0.05) is 124 Å². The highest BCUT2D eigenvalue weighted by Gasteiger charge is 2.31. The lowest BCUT2D eigenvalue weighted by Gasteiger charge is -2.35. The Morgan fingerprint density at radius 1 is 0.358 bits per heavy atom. The van der Waals surface area contributed by atoms with Crippen LogP contribution in [0, 0.1) is 0 Å². The van der Waals surface area contributed by atoms with Crippen LogP contribution in [0.3, 0.4) is 0 Å². The number of aryl methyl sites for hydroxylation is 1. The van der Waals surface area contributed by atoms with E-state index in [1.807, 2.05) is 121 Å². The number of anilines is 4. The first-order valence-electron chi connectivity index (χ1n) is 42.4. The van der Waals surface area contributed by atoms with Gasteiger partial charge in [-0.2, -0.15) is 0 Å². The molecule has 24 nitrogen and oxygen atoms in total. The highest BCUT2D eigenvalue weighted by Crippen LogP contribution is 2.44. The van der Waals surface area contributed by atoms with E-state index in [1.165, 1.54) is 24.0 Å². The van der Waals surface area contributed by atoms with Crippen molar-refractivity contribution in [2.75, 3.05) is 146 Å². The Morgan fingerprint density at radius 3 is 1.08 bits per heavy atom. The third-order valence-electron chi connectivity index (χ3n) is 25.2. The first kappa shape index (κ1) is 82.9. The Labute approximate surface area is 711 Å². The average Bonchev–Trinajstić information content (AvgIpc) is 1.60. The number of ether oxygens (including phenoxy) is 2. The second-order valence-electron chi connectivity index (χ2n) is 33.0. The van der Waals surface area contributed by atoms with Gasteiger partial charge in [-0.3, -0.25) is 62.9 Å². The molecular weight excluding hydrogens is 1550 g/mol. The largest absolute Gasteiger partial charge is 0.379 e. The van der Waals surface area contributed by atoms with Crippen LogP contribution in [0.1, 0.15) is 89.8 Å². The van der Waals surface area contributed by atoms with Crippen molar-refractivity contribution in [1.29, 1.82) is 0 Å². The number of piperazine rings is 2. The van der Waals surface area contributed by atoms with Crippen LogP contribution in [-0.2, 0) is 67.3 Å². The van der Waals surface area contributed by atoms with Crippen molar-refractivity contribution in [2.45, 2.75) is 78.9 Å². The molecular formula is C99H104N14O10. The van der Waals surface area contributed by atoms with Crippen LogP contribution in [0.4, 0.5) is 22.7 Å². The summed E-state index contributed by atoms with van der Waals surface area (Å²) in [5.74, 6) is -0.0374. The van der Waals surface area contributed by atoms with Gasteiger partial charge >= 0.3 is 0 Å². The predicted octanol–water partition coefficient (Wildman–Crippen LogP) is 12.5. The third kappa shape index (κ3) is 17.3. The third-order valence-corrected chi connectivity index (χ3v) is 25.2. The fraction of sp³-hybridized carbons (Fsp3) is 0.313. The van der Waals surface area contributed by atoms with Gasteiger partial charge in [-0.25, -0.2) is 0 Å². The molecule has 0 saturated carbocycles. The number of nitrogens with zero attached hydrogens (tertiary/aromatic N) is 5. The Hall–Kier alpha value is -12.4. The fourth-order valence-electron chi connectivity index (χ4n) is 19.4. The highest BCUT2D eigenvalue weighted by atomic mass is 16.5. The number of rotatable bonds is 20. The van der Waals surface area contributed by atoms with Crippen molar-refractivity contribution >= 4 is 133 Å². The molecule has 4 saturated heterocycles. The number of amides is 4. The van der Waals surface area contributed by atoms with Gasteiger partial charge in [0.1, 0.15) is 0 Å². The van der Waals surface area contributed by atoms with Crippen LogP contribution in [0.2, 0.25) is 0 Å². The zero-order chi connectivity index (χ0) is 82.2. The van der Waals surface area contributed by atoms with Crippen molar-refractivity contribution in [3.63, 3.8) is 0 Å². The van der Waals surface area contributed by atoms with Crippen LogP contribution in [0.15, 0.2) is 201 Å². The number of carbonyl (C=O) groups excluding carboxylic acids is 4. The number of H-pyrrole nitrogens is 4. The van der Waals surface area contributed by atoms with Crippen LogP contribution in [0.25, 0.3) is 86.7 Å². The van der Waals surface area contributed by atoms with Gasteiger partial charge in [-0.05, 0) is 161 Å². The number of hydrogen-bond donors (Lipinski definition) is 9. The second-order valence-corrected chi connectivity index (χ2v) is 33.0. The van der Waals surface area contributed by atoms with Gasteiger partial charge in [0.2, 0.25) is 23.6 Å². The molecule has 0 bridgehead atoms. The van der Waals surface area contributed by atoms with E-state index in [4.69, 9.17) is 9.47 Å². The molecule has 10 aromatic carbocycles. The van der Waals surface area contributed by atoms with Crippen molar-refractivity contribution in [3.05, 3.63) is 279 Å². The molecule has 8 aliphatic rings. The molecule has 0 radical (unpaired) electrons. The maximum atomic E-state index is 12.9. The average molecular weight is 1650 g/mol. The molecule has 4 amide bonds. The highest BCUT2D eigenvalue weighted by molar-refractivity contribution is 6.18. The van der Waals surface area contributed by atoms with Crippen LogP contribution >= 0.6 is 0 Å². The second kappa shape index (κ2) is 36.4. The maximum absolute atomic E-state index is 12.9. The van der Waals surface area contributed by atoms with Crippen LogP contribution < -0.4 is 48.8 Å². The summed E-state index contributed by atoms with van der Waals surface area (Å²) in [6, 6.07) is 59.5. The summed E-state index contributed by atoms with van der Waals surface area (Å²) in [5.41, 5.74) is 18.0.